The molecule has 0 N–H and O–H groups in total. The molecule has 0 unspecified atom stereocenters. The smallest absolute Gasteiger partial charge is 0.361 e. The van der Waals surface area contributed by atoms with Crippen LogP contribution in [-0.4, -0.2) is 18.5 Å². The van der Waals surface area contributed by atoms with Gasteiger partial charge in [0.15, 0.2) is 0 Å². The van der Waals surface area contributed by atoms with Crippen molar-refractivity contribution in [3.63, 3.8) is 0 Å². The van der Waals surface area contributed by atoms with Crippen LogP contribution < -0.4 is 30.2 Å². The zero-order valence-electron chi connectivity index (χ0n) is 53.0. The number of hydrogen-bond acceptors (Lipinski definition) is 4. The lowest BCUT2D eigenvalue weighted by Gasteiger charge is -2.48. The molecule has 7 heteroatoms. The van der Waals surface area contributed by atoms with Crippen LogP contribution in [0.3, 0.4) is 0 Å². The van der Waals surface area contributed by atoms with Crippen LogP contribution in [0.1, 0.15) is 0 Å². The lowest BCUT2D eigenvalue weighted by molar-refractivity contribution is 1.18. The molecule has 4 aliphatic heterocycles. The number of para-hydroxylation sites is 7. The summed E-state index contributed by atoms with van der Waals surface area (Å²) in [5, 5.41) is 2.44. The molecule has 4 aliphatic rings. The number of nitrogens with zero attached hydrogens (tertiary/aromatic N) is 5. The summed E-state index contributed by atoms with van der Waals surface area (Å²) in [6.07, 6.45) is 0. The van der Waals surface area contributed by atoms with Crippen LogP contribution in [0, 0.1) is 0 Å². The number of rotatable bonds is 9. The number of hydrogen-bond donors (Lipinski definition) is 0. The minimum Gasteiger partial charge on any atom is -0.361 e. The standard InChI is InChI=1S/C90H59B2N5/c1-6-24-60(25-7-1)64-47-52-87-79(55-64)76-39-23-40-77-80-57-66(48-53-88(80)97(72-34-14-5-15-35-72)91(89(76)77)96(87)71-32-12-4-13-33-71)63-27-22-26-62(54-63)65-46-51-84-78(56-65)73-36-16-19-41-83(73)93(84)68-49-44-61(45-50-68)67-58-81-74-37-17-20-42-85(74)94(69-28-8-2-9-29-69)92-90(81)82(59-67)75-38-18-21-43-86(75)95(92)70-30-10-3-11-31-70/h1-59H. The first kappa shape index (κ1) is 54.9. The molecule has 1 aromatic heterocycles. The minimum absolute atomic E-state index is 0.139. The van der Waals surface area contributed by atoms with Gasteiger partial charge in [-0.25, -0.2) is 0 Å². The van der Waals surface area contributed by atoms with Crippen molar-refractivity contribution in [2.24, 2.45) is 0 Å². The van der Waals surface area contributed by atoms with Gasteiger partial charge in [0.25, 0.3) is 0 Å². The van der Waals surface area contributed by atoms with E-state index in [1.165, 1.54) is 144 Å². The Morgan fingerprint density at radius 1 is 0.175 bits per heavy atom. The lowest BCUT2D eigenvalue weighted by Crippen LogP contribution is -2.61. The normalized spacial score (nSPS) is 13.0. The number of aromatic nitrogens is 1. The van der Waals surface area contributed by atoms with Crippen LogP contribution in [0.25, 0.3) is 117 Å². The van der Waals surface area contributed by atoms with E-state index in [0.717, 1.165) is 28.4 Å². The van der Waals surface area contributed by atoms with Crippen LogP contribution in [0.5, 0.6) is 0 Å². The van der Waals surface area contributed by atoms with Crippen molar-refractivity contribution in [2.45, 2.75) is 0 Å². The van der Waals surface area contributed by atoms with Crippen molar-refractivity contribution in [3.8, 4) is 94.7 Å². The van der Waals surface area contributed by atoms with Crippen molar-refractivity contribution < 1.29 is 0 Å². The van der Waals surface area contributed by atoms with Crippen LogP contribution in [-0.2, 0) is 0 Å². The molecule has 0 saturated carbocycles. The van der Waals surface area contributed by atoms with Gasteiger partial charge in [-0.1, -0.05) is 224 Å². The molecular weight excluding hydrogens is 1170 g/mol. The number of anilines is 8. The Hall–Kier alpha value is -12.6. The van der Waals surface area contributed by atoms with Gasteiger partial charge in [0.2, 0.25) is 0 Å². The second kappa shape index (κ2) is 22.0. The topological polar surface area (TPSA) is 17.9 Å². The third-order valence-electron chi connectivity index (χ3n) is 20.7. The first-order chi connectivity index (χ1) is 48.1. The first-order valence-electron chi connectivity index (χ1n) is 33.6. The molecule has 97 heavy (non-hydrogen) atoms. The molecular formula is C90H59B2N5. The lowest BCUT2D eigenvalue weighted by atomic mass is 9.53. The minimum atomic E-state index is -0.159. The number of fused-ring (bicyclic) bond motifs is 11. The molecule has 0 fully saturated rings. The monoisotopic (exact) mass is 1230 g/mol. The molecule has 450 valence electrons. The molecule has 15 aromatic carbocycles. The van der Waals surface area contributed by atoms with E-state index in [-0.39, 0.29) is 14.0 Å². The van der Waals surface area contributed by atoms with Gasteiger partial charge in [0.05, 0.1) is 11.0 Å². The van der Waals surface area contributed by atoms with Crippen molar-refractivity contribution >= 4 is 92.2 Å². The van der Waals surface area contributed by atoms with E-state index in [9.17, 15) is 0 Å². The molecule has 20 rings (SSSR count). The highest BCUT2D eigenvalue weighted by Gasteiger charge is 2.49. The largest absolute Gasteiger partial charge is 0.421 e. The summed E-state index contributed by atoms with van der Waals surface area (Å²) in [6.45, 7) is -0.298. The molecule has 5 heterocycles. The van der Waals surface area contributed by atoms with E-state index >= 15 is 0 Å². The Kier molecular flexibility index (Phi) is 12.5. The maximum atomic E-state index is 2.57. The molecule has 0 radical (unpaired) electrons. The van der Waals surface area contributed by atoms with E-state index in [0.29, 0.717) is 0 Å². The SMILES string of the molecule is c1ccc(-c2ccc3c(c2)-c2cccc4c2B(N3c2ccccc2)N(c2ccccc2)c2ccc(-c3cccc(-c5ccc6c(c5)c5ccccc5n6-c5ccc(-c6cc7c8c(c6)-c6ccccc6N(c6ccccc6)B8N(c6ccccc6)c6ccccc6-7)cc5)c3)cc2-4)cc1. The maximum absolute atomic E-state index is 2.57. The van der Waals surface area contributed by atoms with Gasteiger partial charge in [0.1, 0.15) is 0 Å². The van der Waals surface area contributed by atoms with Crippen LogP contribution in [0.2, 0.25) is 0 Å². The van der Waals surface area contributed by atoms with Gasteiger partial charge in [-0.15, -0.1) is 0 Å². The van der Waals surface area contributed by atoms with E-state index in [1.54, 1.807) is 0 Å². The molecule has 16 aromatic rings. The molecule has 0 atom stereocenters. The quantitative estimate of drug-likeness (QED) is 0.134. The maximum Gasteiger partial charge on any atom is 0.421 e. The summed E-state index contributed by atoms with van der Waals surface area (Å²) in [4.78, 5) is 10.2. The van der Waals surface area contributed by atoms with Gasteiger partial charge in [0, 0.05) is 84.2 Å². The molecule has 0 bridgehead atoms. The van der Waals surface area contributed by atoms with E-state index < -0.39 is 0 Å². The van der Waals surface area contributed by atoms with Crippen LogP contribution in [0.15, 0.2) is 358 Å². The average molecular weight is 1230 g/mol. The Morgan fingerprint density at radius 2 is 0.515 bits per heavy atom. The Bertz CT molecular complexity index is 5690. The van der Waals surface area contributed by atoms with E-state index in [4.69, 9.17) is 0 Å². The molecule has 0 aliphatic carbocycles. The Balaban J connectivity index is 0.673. The fraction of sp³-hybridized carbons (Fsp3) is 0. The van der Waals surface area contributed by atoms with E-state index in [2.05, 4.69) is 382 Å². The van der Waals surface area contributed by atoms with E-state index in [1.807, 2.05) is 0 Å². The molecule has 0 saturated heterocycles. The van der Waals surface area contributed by atoms with Crippen LogP contribution >= 0.6 is 0 Å². The van der Waals surface area contributed by atoms with Crippen molar-refractivity contribution in [1.82, 2.24) is 4.57 Å². The van der Waals surface area contributed by atoms with Gasteiger partial charge in [-0.2, -0.15) is 0 Å². The molecule has 0 amide bonds. The summed E-state index contributed by atoms with van der Waals surface area (Å²) in [6, 6.07) is 133. The fourth-order valence-corrected chi connectivity index (χ4v) is 16.5. The Morgan fingerprint density at radius 3 is 1.04 bits per heavy atom. The third-order valence-corrected chi connectivity index (χ3v) is 20.7. The molecule has 0 spiro atoms. The molecule has 5 nitrogen and oxygen atoms in total. The van der Waals surface area contributed by atoms with Crippen molar-refractivity contribution in [3.05, 3.63) is 358 Å². The zero-order valence-corrected chi connectivity index (χ0v) is 53.0. The summed E-state index contributed by atoms with van der Waals surface area (Å²) in [5.41, 5.74) is 34.8. The van der Waals surface area contributed by atoms with Gasteiger partial charge in [-0.05, 0) is 211 Å². The van der Waals surface area contributed by atoms with Crippen LogP contribution in [0.4, 0.5) is 45.5 Å². The highest BCUT2D eigenvalue weighted by Crippen LogP contribution is 2.53. The van der Waals surface area contributed by atoms with Crippen molar-refractivity contribution in [2.75, 3.05) is 19.2 Å². The first-order valence-corrected chi connectivity index (χ1v) is 33.6. The predicted molar refractivity (Wildman–Crippen MR) is 409 cm³/mol. The third kappa shape index (κ3) is 8.61. The number of benzene rings is 15. The summed E-state index contributed by atoms with van der Waals surface area (Å²) in [5.74, 6) is 0. The highest BCUT2D eigenvalue weighted by molar-refractivity contribution is 6.87. The summed E-state index contributed by atoms with van der Waals surface area (Å²) < 4.78 is 2.44. The van der Waals surface area contributed by atoms with Gasteiger partial charge in [-0.3, -0.25) is 0 Å². The fourth-order valence-electron chi connectivity index (χ4n) is 16.5. The average Bonchev–Trinajstić information content (AvgIpc) is 1.70. The highest BCUT2D eigenvalue weighted by atomic mass is 15.3. The second-order valence-corrected chi connectivity index (χ2v) is 25.9. The summed E-state index contributed by atoms with van der Waals surface area (Å²) in [7, 11) is 0. The van der Waals surface area contributed by atoms with Gasteiger partial charge < -0.3 is 23.8 Å². The van der Waals surface area contributed by atoms with Gasteiger partial charge >= 0.3 is 14.0 Å². The second-order valence-electron chi connectivity index (χ2n) is 25.9. The summed E-state index contributed by atoms with van der Waals surface area (Å²) >= 11 is 0. The van der Waals surface area contributed by atoms with Crippen molar-refractivity contribution in [1.29, 1.82) is 0 Å². The predicted octanol–water partition coefficient (Wildman–Crippen LogP) is 22.1. The Labute approximate surface area is 565 Å². The zero-order chi connectivity index (χ0) is 63.7.